The van der Waals surface area contributed by atoms with Crippen LogP contribution in [0.2, 0.25) is 10.0 Å². The summed E-state index contributed by atoms with van der Waals surface area (Å²) in [6, 6.07) is 6.90. The van der Waals surface area contributed by atoms with Crippen LogP contribution in [0.4, 0.5) is 5.69 Å². The standard InChI is InChI=1S/C17H16Cl2N4O2S/c1-9-11(7-8-25-9)15-21-22-17(23(15)3)26-10(2)16(24)20-14-12(18)5-4-6-13(14)19/h4-8,10H,1-3H3,(H,20,24)/t10-/m0/s1. The number of aromatic nitrogens is 3. The molecule has 6 nitrogen and oxygen atoms in total. The largest absolute Gasteiger partial charge is 0.469 e. The number of carbonyl (C=O) groups is 1. The molecule has 9 heteroatoms. The Morgan fingerprint density at radius 2 is 1.96 bits per heavy atom. The van der Waals surface area contributed by atoms with Crippen molar-refractivity contribution in [1.82, 2.24) is 14.8 Å². The summed E-state index contributed by atoms with van der Waals surface area (Å²) in [5, 5.41) is 12.1. The second kappa shape index (κ2) is 7.73. The van der Waals surface area contributed by atoms with Gasteiger partial charge in [0.05, 0.1) is 32.8 Å². The van der Waals surface area contributed by atoms with E-state index in [0.717, 1.165) is 11.3 Å². The molecule has 1 atom stereocenters. The Labute approximate surface area is 164 Å². The van der Waals surface area contributed by atoms with Gasteiger partial charge in [-0.15, -0.1) is 10.2 Å². The molecular weight excluding hydrogens is 395 g/mol. The molecule has 0 radical (unpaired) electrons. The summed E-state index contributed by atoms with van der Waals surface area (Å²) in [7, 11) is 1.85. The predicted octanol–water partition coefficient (Wildman–Crippen LogP) is 4.81. The Morgan fingerprint density at radius 1 is 1.27 bits per heavy atom. The lowest BCUT2D eigenvalue weighted by Gasteiger charge is -2.13. The number of nitrogens with zero attached hydrogens (tertiary/aromatic N) is 3. The highest BCUT2D eigenvalue weighted by Crippen LogP contribution is 2.32. The fraction of sp³-hybridized carbons (Fsp3) is 0.235. The summed E-state index contributed by atoms with van der Waals surface area (Å²) in [4.78, 5) is 12.5. The molecule has 0 unspecified atom stereocenters. The van der Waals surface area contributed by atoms with Gasteiger partial charge < -0.3 is 14.3 Å². The van der Waals surface area contributed by atoms with Gasteiger partial charge in [0.2, 0.25) is 5.91 Å². The average Bonchev–Trinajstić information content (AvgIpc) is 3.17. The van der Waals surface area contributed by atoms with E-state index in [1.165, 1.54) is 11.8 Å². The Morgan fingerprint density at radius 3 is 2.58 bits per heavy atom. The minimum Gasteiger partial charge on any atom is -0.469 e. The first kappa shape index (κ1) is 18.8. The highest BCUT2D eigenvalue weighted by Gasteiger charge is 2.21. The van der Waals surface area contributed by atoms with Crippen molar-refractivity contribution in [2.24, 2.45) is 7.05 Å². The third kappa shape index (κ3) is 3.75. The van der Waals surface area contributed by atoms with Gasteiger partial charge in [-0.05, 0) is 32.0 Å². The summed E-state index contributed by atoms with van der Waals surface area (Å²) in [6.07, 6.45) is 1.61. The highest BCUT2D eigenvalue weighted by molar-refractivity contribution is 8.00. The second-order valence-corrected chi connectivity index (χ2v) is 7.72. The highest BCUT2D eigenvalue weighted by atomic mass is 35.5. The number of hydrogen-bond acceptors (Lipinski definition) is 5. The van der Waals surface area contributed by atoms with Gasteiger partial charge in [-0.25, -0.2) is 0 Å². The zero-order valence-electron chi connectivity index (χ0n) is 14.3. The van der Waals surface area contributed by atoms with E-state index in [-0.39, 0.29) is 5.91 Å². The number of amides is 1. The molecule has 0 spiro atoms. The van der Waals surface area contributed by atoms with E-state index in [0.29, 0.717) is 26.7 Å². The van der Waals surface area contributed by atoms with E-state index >= 15 is 0 Å². The SMILES string of the molecule is Cc1occc1-c1nnc(S[C@@H](C)C(=O)Nc2c(Cl)cccc2Cl)n1C. The number of hydrogen-bond donors (Lipinski definition) is 1. The molecule has 26 heavy (non-hydrogen) atoms. The first-order valence-electron chi connectivity index (χ1n) is 7.74. The number of nitrogens with one attached hydrogen (secondary N) is 1. The number of aryl methyl sites for hydroxylation is 1. The van der Waals surface area contributed by atoms with Crippen molar-refractivity contribution in [3.05, 3.63) is 46.3 Å². The van der Waals surface area contributed by atoms with E-state index in [1.807, 2.05) is 24.6 Å². The van der Waals surface area contributed by atoms with Crippen LogP contribution in [0.5, 0.6) is 0 Å². The van der Waals surface area contributed by atoms with Crippen molar-refractivity contribution in [1.29, 1.82) is 0 Å². The number of halogens is 2. The van der Waals surface area contributed by atoms with Gasteiger partial charge in [0.25, 0.3) is 0 Å². The van der Waals surface area contributed by atoms with Crippen LogP contribution in [-0.4, -0.2) is 25.9 Å². The van der Waals surface area contributed by atoms with Gasteiger partial charge in [-0.1, -0.05) is 41.0 Å². The first-order chi connectivity index (χ1) is 12.4. The predicted molar refractivity (Wildman–Crippen MR) is 104 cm³/mol. The molecule has 3 rings (SSSR count). The Bertz CT molecular complexity index is 934. The molecule has 0 aliphatic rings. The Kier molecular flexibility index (Phi) is 5.60. The molecule has 0 saturated heterocycles. The number of anilines is 1. The third-order valence-electron chi connectivity index (χ3n) is 3.80. The Hall–Kier alpha value is -1.96. The van der Waals surface area contributed by atoms with Crippen LogP contribution in [0.25, 0.3) is 11.4 Å². The molecule has 2 aromatic heterocycles. The smallest absolute Gasteiger partial charge is 0.237 e. The molecule has 1 N–H and O–H groups in total. The lowest BCUT2D eigenvalue weighted by molar-refractivity contribution is -0.115. The van der Waals surface area contributed by atoms with Gasteiger partial charge in [-0.2, -0.15) is 0 Å². The normalized spacial score (nSPS) is 12.2. The molecule has 0 bridgehead atoms. The third-order valence-corrected chi connectivity index (χ3v) is 5.56. The minimum absolute atomic E-state index is 0.228. The average molecular weight is 411 g/mol. The summed E-state index contributed by atoms with van der Waals surface area (Å²) in [6.45, 7) is 3.64. The molecule has 0 aliphatic carbocycles. The number of thioether (sulfide) groups is 1. The summed E-state index contributed by atoms with van der Waals surface area (Å²) < 4.78 is 7.14. The number of para-hydroxylation sites is 1. The molecule has 1 aromatic carbocycles. The van der Waals surface area contributed by atoms with Crippen molar-refractivity contribution >= 4 is 46.6 Å². The summed E-state index contributed by atoms with van der Waals surface area (Å²) >= 11 is 13.5. The van der Waals surface area contributed by atoms with E-state index < -0.39 is 5.25 Å². The van der Waals surface area contributed by atoms with Crippen molar-refractivity contribution in [3.63, 3.8) is 0 Å². The second-order valence-electron chi connectivity index (χ2n) is 5.60. The van der Waals surface area contributed by atoms with E-state index in [2.05, 4.69) is 15.5 Å². The minimum atomic E-state index is -0.427. The fourth-order valence-electron chi connectivity index (χ4n) is 2.32. The lowest BCUT2D eigenvalue weighted by atomic mass is 10.2. The van der Waals surface area contributed by atoms with Crippen LogP contribution in [0, 0.1) is 6.92 Å². The van der Waals surface area contributed by atoms with Crippen molar-refractivity contribution in [2.45, 2.75) is 24.3 Å². The van der Waals surface area contributed by atoms with Crippen LogP contribution in [-0.2, 0) is 11.8 Å². The van der Waals surface area contributed by atoms with Crippen molar-refractivity contribution in [3.8, 4) is 11.4 Å². The molecular formula is C17H16Cl2N4O2S. The van der Waals surface area contributed by atoms with E-state index in [4.69, 9.17) is 27.6 Å². The van der Waals surface area contributed by atoms with Gasteiger partial charge in [0.15, 0.2) is 11.0 Å². The van der Waals surface area contributed by atoms with E-state index in [1.54, 1.807) is 31.4 Å². The van der Waals surface area contributed by atoms with Crippen LogP contribution in [0.1, 0.15) is 12.7 Å². The number of benzene rings is 1. The summed E-state index contributed by atoms with van der Waals surface area (Å²) in [5.74, 6) is 1.21. The maximum absolute atomic E-state index is 12.5. The van der Waals surface area contributed by atoms with Crippen molar-refractivity contribution < 1.29 is 9.21 Å². The van der Waals surface area contributed by atoms with Crippen LogP contribution >= 0.6 is 35.0 Å². The number of furan rings is 1. The lowest BCUT2D eigenvalue weighted by Crippen LogP contribution is -2.23. The monoisotopic (exact) mass is 410 g/mol. The zero-order valence-corrected chi connectivity index (χ0v) is 16.6. The number of carbonyl (C=O) groups excluding carboxylic acids is 1. The molecule has 0 aliphatic heterocycles. The first-order valence-corrected chi connectivity index (χ1v) is 9.37. The van der Waals surface area contributed by atoms with Crippen LogP contribution < -0.4 is 5.32 Å². The molecule has 0 fully saturated rings. The molecule has 1 amide bonds. The number of rotatable bonds is 5. The van der Waals surface area contributed by atoms with Crippen LogP contribution in [0.15, 0.2) is 40.1 Å². The molecule has 136 valence electrons. The summed E-state index contributed by atoms with van der Waals surface area (Å²) in [5.41, 5.74) is 1.27. The molecule has 2 heterocycles. The van der Waals surface area contributed by atoms with Gasteiger partial charge in [-0.3, -0.25) is 4.79 Å². The van der Waals surface area contributed by atoms with Crippen molar-refractivity contribution in [2.75, 3.05) is 5.32 Å². The maximum atomic E-state index is 12.5. The van der Waals surface area contributed by atoms with Gasteiger partial charge in [0, 0.05) is 7.05 Å². The molecule has 3 aromatic rings. The van der Waals surface area contributed by atoms with Crippen LogP contribution in [0.3, 0.4) is 0 Å². The topological polar surface area (TPSA) is 72.9 Å². The van der Waals surface area contributed by atoms with Gasteiger partial charge >= 0.3 is 0 Å². The Balaban J connectivity index is 1.74. The quantitative estimate of drug-likeness (QED) is 0.610. The fourth-order valence-corrected chi connectivity index (χ4v) is 3.63. The maximum Gasteiger partial charge on any atom is 0.237 e. The van der Waals surface area contributed by atoms with Gasteiger partial charge in [0.1, 0.15) is 5.76 Å². The molecule has 0 saturated carbocycles. The van der Waals surface area contributed by atoms with E-state index in [9.17, 15) is 4.79 Å². The zero-order chi connectivity index (χ0) is 18.8.